The van der Waals surface area contributed by atoms with Gasteiger partial charge in [0.15, 0.2) is 0 Å². The Bertz CT molecular complexity index is 285. The fraction of sp³-hybridized carbons (Fsp3) is 0.545. The average Bonchev–Trinajstić information content (AvgIpc) is 2.70. The first-order valence-corrected chi connectivity index (χ1v) is 5.93. The van der Waals surface area contributed by atoms with Gasteiger partial charge in [-0.25, -0.2) is 0 Å². The lowest BCUT2D eigenvalue weighted by Crippen LogP contribution is -2.19. The summed E-state index contributed by atoms with van der Waals surface area (Å²) in [6.07, 6.45) is 1.36. The second kappa shape index (κ2) is 6.58. The van der Waals surface area contributed by atoms with Crippen LogP contribution in [0.1, 0.15) is 18.4 Å². The lowest BCUT2D eigenvalue weighted by Gasteiger charge is -2.14. The Morgan fingerprint density at radius 2 is 2.40 bits per heavy atom. The Morgan fingerprint density at radius 1 is 1.60 bits per heavy atom. The van der Waals surface area contributed by atoms with Gasteiger partial charge in [-0.05, 0) is 42.4 Å². The first-order valence-electron chi connectivity index (χ1n) is 4.99. The van der Waals surface area contributed by atoms with Gasteiger partial charge in [0, 0.05) is 13.0 Å². The Morgan fingerprint density at radius 3 is 3.00 bits per heavy atom. The van der Waals surface area contributed by atoms with Crippen molar-refractivity contribution >= 4 is 17.3 Å². The normalized spacial score (nSPS) is 10.6. The Balaban J connectivity index is 2.14. The molecule has 4 heteroatoms. The fourth-order valence-electron chi connectivity index (χ4n) is 1.37. The van der Waals surface area contributed by atoms with Gasteiger partial charge in [-0.2, -0.15) is 11.3 Å². The number of hydrogen-bond donors (Lipinski definition) is 0. The first kappa shape index (κ1) is 12.2. The van der Waals surface area contributed by atoms with Gasteiger partial charge in [-0.3, -0.25) is 4.79 Å². The molecule has 0 saturated carbocycles. The summed E-state index contributed by atoms with van der Waals surface area (Å²) in [5, 5.41) is 4.23. The third kappa shape index (κ3) is 4.95. The van der Waals surface area contributed by atoms with Crippen molar-refractivity contribution < 1.29 is 9.53 Å². The van der Waals surface area contributed by atoms with Gasteiger partial charge in [-0.15, -0.1) is 0 Å². The van der Waals surface area contributed by atoms with Crippen LogP contribution < -0.4 is 0 Å². The Hall–Kier alpha value is -0.870. The summed E-state index contributed by atoms with van der Waals surface area (Å²) in [5.74, 6) is -0.126. The van der Waals surface area contributed by atoms with Crippen molar-refractivity contribution in [3.8, 4) is 0 Å². The van der Waals surface area contributed by atoms with Crippen LogP contribution in [0.15, 0.2) is 16.8 Å². The van der Waals surface area contributed by atoms with E-state index in [0.29, 0.717) is 6.42 Å². The molecule has 0 amide bonds. The highest BCUT2D eigenvalue weighted by molar-refractivity contribution is 7.07. The highest BCUT2D eigenvalue weighted by Crippen LogP contribution is 2.08. The minimum absolute atomic E-state index is 0.126. The molecule has 0 bridgehead atoms. The molecule has 1 heterocycles. The second-order valence-corrected chi connectivity index (χ2v) is 4.33. The van der Waals surface area contributed by atoms with Crippen LogP contribution in [0.3, 0.4) is 0 Å². The van der Waals surface area contributed by atoms with Crippen molar-refractivity contribution in [3.63, 3.8) is 0 Å². The third-order valence-electron chi connectivity index (χ3n) is 2.18. The summed E-state index contributed by atoms with van der Waals surface area (Å²) < 4.78 is 4.58. The van der Waals surface area contributed by atoms with Crippen LogP contribution in [-0.2, 0) is 16.1 Å². The number of rotatable bonds is 6. The number of hydrogen-bond acceptors (Lipinski definition) is 4. The molecule has 0 fully saturated rings. The summed E-state index contributed by atoms with van der Waals surface area (Å²) >= 11 is 1.71. The van der Waals surface area contributed by atoms with E-state index in [1.165, 1.54) is 12.7 Å². The van der Waals surface area contributed by atoms with E-state index in [1.807, 2.05) is 0 Å². The predicted molar refractivity (Wildman–Crippen MR) is 61.9 cm³/mol. The molecule has 0 aliphatic rings. The van der Waals surface area contributed by atoms with Gasteiger partial charge < -0.3 is 9.64 Å². The predicted octanol–water partition coefficient (Wildman–Crippen LogP) is 2.13. The van der Waals surface area contributed by atoms with E-state index in [0.717, 1.165) is 19.5 Å². The number of carbonyl (C=O) groups is 1. The maximum Gasteiger partial charge on any atom is 0.305 e. The van der Waals surface area contributed by atoms with Crippen molar-refractivity contribution in [1.29, 1.82) is 0 Å². The van der Waals surface area contributed by atoms with E-state index in [4.69, 9.17) is 0 Å². The van der Waals surface area contributed by atoms with Crippen LogP contribution in [0.2, 0.25) is 0 Å². The Labute approximate surface area is 94.7 Å². The second-order valence-electron chi connectivity index (χ2n) is 3.55. The number of nitrogens with zero attached hydrogens (tertiary/aromatic N) is 1. The van der Waals surface area contributed by atoms with Crippen LogP contribution >= 0.6 is 11.3 Å². The quantitative estimate of drug-likeness (QED) is 0.697. The molecule has 84 valence electrons. The largest absolute Gasteiger partial charge is 0.469 e. The van der Waals surface area contributed by atoms with E-state index in [2.05, 4.69) is 33.5 Å². The van der Waals surface area contributed by atoms with Gasteiger partial charge in [0.2, 0.25) is 0 Å². The van der Waals surface area contributed by atoms with Crippen LogP contribution in [0.4, 0.5) is 0 Å². The number of thiophene rings is 1. The first-order chi connectivity index (χ1) is 7.22. The minimum Gasteiger partial charge on any atom is -0.469 e. The monoisotopic (exact) mass is 227 g/mol. The zero-order chi connectivity index (χ0) is 11.1. The van der Waals surface area contributed by atoms with Crippen LogP contribution in [0.5, 0.6) is 0 Å². The summed E-state index contributed by atoms with van der Waals surface area (Å²) in [6, 6.07) is 2.13. The van der Waals surface area contributed by atoms with Crippen LogP contribution in [0, 0.1) is 0 Å². The lowest BCUT2D eigenvalue weighted by atomic mass is 10.2. The van der Waals surface area contributed by atoms with Gasteiger partial charge in [0.05, 0.1) is 7.11 Å². The average molecular weight is 227 g/mol. The fourth-order valence-corrected chi connectivity index (χ4v) is 2.03. The maximum absolute atomic E-state index is 10.9. The van der Waals surface area contributed by atoms with Crippen molar-refractivity contribution in [2.45, 2.75) is 19.4 Å². The number of carbonyl (C=O) groups excluding carboxylic acids is 1. The molecule has 1 aromatic heterocycles. The van der Waals surface area contributed by atoms with Crippen molar-refractivity contribution in [2.75, 3.05) is 20.7 Å². The molecule has 0 saturated heterocycles. The molecule has 0 unspecified atom stereocenters. The van der Waals surface area contributed by atoms with Gasteiger partial charge in [0.1, 0.15) is 0 Å². The molecule has 0 N–H and O–H groups in total. The van der Waals surface area contributed by atoms with Gasteiger partial charge in [-0.1, -0.05) is 0 Å². The molecule has 0 atom stereocenters. The van der Waals surface area contributed by atoms with Gasteiger partial charge >= 0.3 is 5.97 Å². The third-order valence-corrected chi connectivity index (χ3v) is 2.91. The smallest absolute Gasteiger partial charge is 0.305 e. The van der Waals surface area contributed by atoms with Crippen molar-refractivity contribution in [3.05, 3.63) is 22.4 Å². The highest BCUT2D eigenvalue weighted by Gasteiger charge is 2.03. The van der Waals surface area contributed by atoms with Crippen LogP contribution in [-0.4, -0.2) is 31.6 Å². The molecule has 1 aromatic rings. The van der Waals surface area contributed by atoms with Gasteiger partial charge in [0.25, 0.3) is 0 Å². The molecule has 0 radical (unpaired) electrons. The van der Waals surface area contributed by atoms with E-state index >= 15 is 0 Å². The molecule has 1 rings (SSSR count). The molecular weight excluding hydrogens is 210 g/mol. The zero-order valence-electron chi connectivity index (χ0n) is 9.23. The van der Waals surface area contributed by atoms with E-state index in [1.54, 1.807) is 11.3 Å². The number of methoxy groups -OCH3 is 1. The molecule has 0 spiro atoms. The summed E-state index contributed by atoms with van der Waals surface area (Å²) in [6.45, 7) is 1.87. The highest BCUT2D eigenvalue weighted by atomic mass is 32.1. The molecule has 0 aliphatic carbocycles. The standard InChI is InChI=1S/C11H17NO2S/c1-12(6-3-4-11(13)14-2)8-10-5-7-15-9-10/h5,7,9H,3-4,6,8H2,1-2H3. The molecule has 3 nitrogen and oxygen atoms in total. The number of esters is 1. The van der Waals surface area contributed by atoms with Crippen molar-refractivity contribution in [2.24, 2.45) is 0 Å². The van der Waals surface area contributed by atoms with E-state index in [9.17, 15) is 4.79 Å². The summed E-state index contributed by atoms with van der Waals surface area (Å²) in [4.78, 5) is 13.1. The number of ether oxygens (including phenoxy) is 1. The zero-order valence-corrected chi connectivity index (χ0v) is 10.0. The Kier molecular flexibility index (Phi) is 5.36. The molecule has 0 aliphatic heterocycles. The topological polar surface area (TPSA) is 29.5 Å². The van der Waals surface area contributed by atoms with Crippen molar-refractivity contribution in [1.82, 2.24) is 4.90 Å². The lowest BCUT2D eigenvalue weighted by molar-refractivity contribution is -0.140. The van der Waals surface area contributed by atoms with E-state index in [-0.39, 0.29) is 5.97 Å². The molecule has 15 heavy (non-hydrogen) atoms. The summed E-state index contributed by atoms with van der Waals surface area (Å²) in [5.41, 5.74) is 1.33. The maximum atomic E-state index is 10.9. The van der Waals surface area contributed by atoms with E-state index < -0.39 is 0 Å². The summed E-state index contributed by atoms with van der Waals surface area (Å²) in [7, 11) is 3.49. The SMILES string of the molecule is COC(=O)CCCN(C)Cc1ccsc1. The van der Waals surface area contributed by atoms with Crippen LogP contribution in [0.25, 0.3) is 0 Å². The molecular formula is C11H17NO2S. The minimum atomic E-state index is -0.126. The molecule has 0 aromatic carbocycles.